The Labute approximate surface area is 114 Å². The summed E-state index contributed by atoms with van der Waals surface area (Å²) >= 11 is 0. The second-order valence-electron chi connectivity index (χ2n) is 5.07. The lowest BCUT2D eigenvalue weighted by Gasteiger charge is -2.17. The third-order valence-corrected chi connectivity index (χ3v) is 3.81. The van der Waals surface area contributed by atoms with Gasteiger partial charge in [-0.1, -0.05) is 0 Å². The van der Waals surface area contributed by atoms with Gasteiger partial charge in [-0.25, -0.2) is 0 Å². The number of hydrogen-bond donors (Lipinski definition) is 1. The minimum absolute atomic E-state index is 0.305. The highest BCUT2D eigenvalue weighted by atomic mass is 16.5. The predicted octanol–water partition coefficient (Wildman–Crippen LogP) is 1.56. The van der Waals surface area contributed by atoms with Gasteiger partial charge in [-0.2, -0.15) is 0 Å². The molecule has 0 spiro atoms. The van der Waals surface area contributed by atoms with Gasteiger partial charge in [0.1, 0.15) is 11.5 Å². The van der Waals surface area contributed by atoms with E-state index in [1.165, 1.54) is 5.56 Å². The van der Waals surface area contributed by atoms with Crippen LogP contribution in [-0.2, 0) is 6.42 Å². The first kappa shape index (κ1) is 14.2. The third kappa shape index (κ3) is 3.61. The van der Waals surface area contributed by atoms with Crippen LogP contribution in [0.25, 0.3) is 0 Å². The molecule has 0 radical (unpaired) electrons. The van der Waals surface area contributed by atoms with E-state index in [9.17, 15) is 0 Å². The van der Waals surface area contributed by atoms with Crippen LogP contribution >= 0.6 is 0 Å². The van der Waals surface area contributed by atoms with Gasteiger partial charge in [-0.15, -0.1) is 0 Å². The molecule has 0 saturated carbocycles. The van der Waals surface area contributed by atoms with Crippen molar-refractivity contribution in [1.82, 2.24) is 4.90 Å². The second-order valence-corrected chi connectivity index (χ2v) is 5.07. The molecule has 1 heterocycles. The van der Waals surface area contributed by atoms with Crippen molar-refractivity contribution in [3.8, 4) is 11.5 Å². The van der Waals surface area contributed by atoms with Crippen molar-refractivity contribution in [2.75, 3.05) is 40.5 Å². The van der Waals surface area contributed by atoms with E-state index in [4.69, 9.17) is 14.6 Å². The zero-order valence-electron chi connectivity index (χ0n) is 11.8. The van der Waals surface area contributed by atoms with Crippen LogP contribution in [0, 0.1) is 5.92 Å². The first-order valence-electron chi connectivity index (χ1n) is 6.81. The van der Waals surface area contributed by atoms with Crippen molar-refractivity contribution in [3.05, 3.63) is 23.8 Å². The quantitative estimate of drug-likeness (QED) is 0.847. The molecular formula is C15H23NO3. The number of likely N-dealkylation sites (tertiary alicyclic amines) is 1. The van der Waals surface area contributed by atoms with Crippen LogP contribution in [0.2, 0.25) is 0 Å². The average molecular weight is 265 g/mol. The van der Waals surface area contributed by atoms with E-state index in [2.05, 4.69) is 4.90 Å². The lowest BCUT2D eigenvalue weighted by molar-refractivity contribution is 0.222. The number of ether oxygens (including phenoxy) is 2. The molecule has 106 valence electrons. The van der Waals surface area contributed by atoms with Gasteiger partial charge in [-0.3, -0.25) is 0 Å². The van der Waals surface area contributed by atoms with Crippen molar-refractivity contribution >= 4 is 0 Å². The van der Waals surface area contributed by atoms with E-state index < -0.39 is 0 Å². The van der Waals surface area contributed by atoms with Crippen LogP contribution in [0.15, 0.2) is 18.2 Å². The van der Waals surface area contributed by atoms with Crippen LogP contribution < -0.4 is 9.47 Å². The molecule has 1 unspecified atom stereocenters. The zero-order chi connectivity index (χ0) is 13.7. The predicted molar refractivity (Wildman–Crippen MR) is 74.9 cm³/mol. The summed E-state index contributed by atoms with van der Waals surface area (Å²) < 4.78 is 10.6. The molecule has 1 N–H and O–H groups in total. The Morgan fingerprint density at radius 2 is 2.16 bits per heavy atom. The summed E-state index contributed by atoms with van der Waals surface area (Å²) in [5.41, 5.74) is 1.18. The average Bonchev–Trinajstić information content (AvgIpc) is 2.92. The number of aliphatic hydroxyl groups excluding tert-OH is 1. The lowest BCUT2D eigenvalue weighted by atomic mass is 10.1. The molecule has 1 atom stereocenters. The molecular weight excluding hydrogens is 242 g/mol. The minimum Gasteiger partial charge on any atom is -0.497 e. The molecule has 1 saturated heterocycles. The Hall–Kier alpha value is -1.26. The Morgan fingerprint density at radius 3 is 2.79 bits per heavy atom. The second kappa shape index (κ2) is 6.78. The summed E-state index contributed by atoms with van der Waals surface area (Å²) in [6.07, 6.45) is 2.05. The molecule has 0 aromatic heterocycles. The molecule has 1 aromatic rings. The van der Waals surface area contributed by atoms with Gasteiger partial charge in [0.15, 0.2) is 0 Å². The smallest absolute Gasteiger partial charge is 0.122 e. The summed E-state index contributed by atoms with van der Waals surface area (Å²) in [4.78, 5) is 2.40. The summed E-state index contributed by atoms with van der Waals surface area (Å²) in [5.74, 6) is 2.23. The van der Waals surface area contributed by atoms with Crippen molar-refractivity contribution in [3.63, 3.8) is 0 Å². The van der Waals surface area contributed by atoms with E-state index in [1.807, 2.05) is 18.2 Å². The fourth-order valence-electron chi connectivity index (χ4n) is 2.62. The normalized spacial score (nSPS) is 19.6. The standard InChI is InChI=1S/C15H23NO3/c1-18-14-3-4-15(19-2)13(9-14)6-8-16-7-5-12(10-16)11-17/h3-4,9,12,17H,5-8,10-11H2,1-2H3. The first-order valence-corrected chi connectivity index (χ1v) is 6.81. The van der Waals surface area contributed by atoms with Crippen molar-refractivity contribution in [2.45, 2.75) is 12.8 Å². The van der Waals surface area contributed by atoms with Gasteiger partial charge in [0.2, 0.25) is 0 Å². The largest absolute Gasteiger partial charge is 0.497 e. The fourth-order valence-corrected chi connectivity index (χ4v) is 2.62. The van der Waals surface area contributed by atoms with Crippen molar-refractivity contribution < 1.29 is 14.6 Å². The molecule has 19 heavy (non-hydrogen) atoms. The minimum atomic E-state index is 0.305. The van der Waals surface area contributed by atoms with Crippen LogP contribution in [0.3, 0.4) is 0 Å². The van der Waals surface area contributed by atoms with E-state index in [1.54, 1.807) is 14.2 Å². The fraction of sp³-hybridized carbons (Fsp3) is 0.600. The summed E-state index contributed by atoms with van der Waals surface area (Å²) in [7, 11) is 3.38. The molecule has 1 aliphatic heterocycles. The van der Waals surface area contributed by atoms with Crippen LogP contribution in [0.1, 0.15) is 12.0 Å². The number of rotatable bonds is 6. The Kier molecular flexibility index (Phi) is 5.05. The van der Waals surface area contributed by atoms with Gasteiger partial charge in [0.25, 0.3) is 0 Å². The molecule has 0 aliphatic carbocycles. The summed E-state index contributed by atoms with van der Waals surface area (Å²) in [5, 5.41) is 9.16. The first-order chi connectivity index (χ1) is 9.26. The zero-order valence-corrected chi connectivity index (χ0v) is 11.8. The Balaban J connectivity index is 1.95. The number of hydrogen-bond acceptors (Lipinski definition) is 4. The molecule has 4 nitrogen and oxygen atoms in total. The number of aliphatic hydroxyl groups is 1. The maximum Gasteiger partial charge on any atom is 0.122 e. The monoisotopic (exact) mass is 265 g/mol. The molecule has 0 bridgehead atoms. The highest BCUT2D eigenvalue weighted by Crippen LogP contribution is 2.25. The third-order valence-electron chi connectivity index (χ3n) is 3.81. The maximum absolute atomic E-state index is 9.16. The SMILES string of the molecule is COc1ccc(OC)c(CCN2CCC(CO)C2)c1. The maximum atomic E-state index is 9.16. The van der Waals surface area contributed by atoms with Gasteiger partial charge in [-0.05, 0) is 49.1 Å². The Bertz CT molecular complexity index is 408. The van der Waals surface area contributed by atoms with E-state index in [0.29, 0.717) is 12.5 Å². The molecule has 4 heteroatoms. The molecule has 1 aromatic carbocycles. The van der Waals surface area contributed by atoms with Gasteiger partial charge in [0, 0.05) is 19.7 Å². The summed E-state index contributed by atoms with van der Waals surface area (Å²) in [6, 6.07) is 5.91. The van der Waals surface area contributed by atoms with Crippen LogP contribution in [0.5, 0.6) is 11.5 Å². The van der Waals surface area contributed by atoms with Gasteiger partial charge >= 0.3 is 0 Å². The number of methoxy groups -OCH3 is 2. The van der Waals surface area contributed by atoms with E-state index in [0.717, 1.165) is 44.0 Å². The van der Waals surface area contributed by atoms with Crippen LogP contribution in [0.4, 0.5) is 0 Å². The molecule has 1 fully saturated rings. The van der Waals surface area contributed by atoms with Gasteiger partial charge < -0.3 is 19.5 Å². The van der Waals surface area contributed by atoms with Crippen molar-refractivity contribution in [2.24, 2.45) is 5.92 Å². The topological polar surface area (TPSA) is 41.9 Å². The summed E-state index contributed by atoms with van der Waals surface area (Å²) in [6.45, 7) is 3.39. The Morgan fingerprint density at radius 1 is 1.32 bits per heavy atom. The van der Waals surface area contributed by atoms with E-state index >= 15 is 0 Å². The molecule has 0 amide bonds. The highest BCUT2D eigenvalue weighted by Gasteiger charge is 2.21. The molecule has 1 aliphatic rings. The lowest BCUT2D eigenvalue weighted by Crippen LogP contribution is -2.24. The van der Waals surface area contributed by atoms with E-state index in [-0.39, 0.29) is 0 Å². The van der Waals surface area contributed by atoms with Gasteiger partial charge in [0.05, 0.1) is 14.2 Å². The van der Waals surface area contributed by atoms with Crippen molar-refractivity contribution in [1.29, 1.82) is 0 Å². The van der Waals surface area contributed by atoms with Crippen LogP contribution in [-0.4, -0.2) is 50.5 Å². The molecule has 2 rings (SSSR count). The number of nitrogens with zero attached hydrogens (tertiary/aromatic N) is 1. The number of benzene rings is 1. The highest BCUT2D eigenvalue weighted by molar-refractivity contribution is 5.40.